The summed E-state index contributed by atoms with van der Waals surface area (Å²) in [5.41, 5.74) is 2.00. The van der Waals surface area contributed by atoms with Crippen LogP contribution in [0.5, 0.6) is 0 Å². The van der Waals surface area contributed by atoms with E-state index >= 15 is 0 Å². The summed E-state index contributed by atoms with van der Waals surface area (Å²) >= 11 is 0. The van der Waals surface area contributed by atoms with Gasteiger partial charge >= 0.3 is 0 Å². The van der Waals surface area contributed by atoms with Crippen LogP contribution in [0.4, 0.5) is 0 Å². The zero-order valence-electron chi connectivity index (χ0n) is 10.5. The Labute approximate surface area is 93.2 Å². The molecule has 0 amide bonds. The summed E-state index contributed by atoms with van der Waals surface area (Å²) in [6.45, 7) is 9.30. The van der Waals surface area contributed by atoms with E-state index in [1.165, 1.54) is 5.57 Å². The molecule has 2 aliphatic rings. The number of ether oxygens (including phenoxy) is 1. The first kappa shape index (κ1) is 10.9. The average molecular weight is 206 g/mol. The van der Waals surface area contributed by atoms with Gasteiger partial charge in [-0.25, -0.2) is 0 Å². The molecule has 2 unspecified atom stereocenters. The van der Waals surface area contributed by atoms with Crippen LogP contribution in [0.3, 0.4) is 0 Å². The lowest BCUT2D eigenvalue weighted by atomic mass is 9.59. The van der Waals surface area contributed by atoms with Crippen LogP contribution < -0.4 is 0 Å². The van der Waals surface area contributed by atoms with E-state index in [0.29, 0.717) is 11.3 Å². The molecule has 0 heterocycles. The lowest BCUT2D eigenvalue weighted by Gasteiger charge is -2.46. The van der Waals surface area contributed by atoms with Crippen molar-refractivity contribution in [2.24, 2.45) is 16.7 Å². The topological polar surface area (TPSA) is 9.23 Å². The van der Waals surface area contributed by atoms with Gasteiger partial charge in [0.2, 0.25) is 0 Å². The third-order valence-corrected chi connectivity index (χ3v) is 4.46. The van der Waals surface area contributed by atoms with E-state index in [9.17, 15) is 0 Å². The summed E-state index contributed by atoms with van der Waals surface area (Å²) in [7, 11) is 1.83. The number of rotatable bonds is 1. The molecule has 0 aromatic heterocycles. The van der Waals surface area contributed by atoms with Crippen LogP contribution in [-0.4, -0.2) is 13.2 Å². The Morgan fingerprint density at radius 1 is 1.33 bits per heavy atom. The Morgan fingerprint density at radius 2 is 2.00 bits per heavy atom. The van der Waals surface area contributed by atoms with Crippen LogP contribution in [0, 0.1) is 16.7 Å². The Morgan fingerprint density at radius 3 is 2.60 bits per heavy atom. The van der Waals surface area contributed by atoms with Gasteiger partial charge in [0, 0.05) is 18.4 Å². The minimum atomic E-state index is 0.211. The van der Waals surface area contributed by atoms with Crippen LogP contribution >= 0.6 is 0 Å². The minimum Gasteiger partial charge on any atom is -0.377 e. The summed E-state index contributed by atoms with van der Waals surface area (Å²) < 4.78 is 5.64. The van der Waals surface area contributed by atoms with E-state index in [-0.39, 0.29) is 11.5 Å². The molecule has 0 fully saturated rings. The monoisotopic (exact) mass is 206 g/mol. The first-order valence-corrected chi connectivity index (χ1v) is 5.81. The largest absolute Gasteiger partial charge is 0.377 e. The molecule has 1 heteroatoms. The van der Waals surface area contributed by atoms with Crippen molar-refractivity contribution < 1.29 is 4.74 Å². The highest BCUT2D eigenvalue weighted by Crippen LogP contribution is 2.57. The van der Waals surface area contributed by atoms with Crippen LogP contribution in [-0.2, 0) is 4.74 Å². The maximum Gasteiger partial charge on any atom is 0.0799 e. The Hall–Kier alpha value is -0.560. The van der Waals surface area contributed by atoms with Crippen LogP contribution in [0.2, 0.25) is 0 Å². The lowest BCUT2D eigenvalue weighted by Crippen LogP contribution is -2.43. The molecule has 0 spiro atoms. The van der Waals surface area contributed by atoms with Crippen LogP contribution in [0.1, 0.15) is 34.1 Å². The van der Waals surface area contributed by atoms with E-state index in [4.69, 9.17) is 4.74 Å². The minimum absolute atomic E-state index is 0.211. The standard InChI is InChI=1S/C14H22O/c1-10-9-11(15-5)12-13(2,3)7-6-8-14(10,12)4/h6,8-9,11-12H,7H2,1-5H3/t11?,12?,14-/m0/s1. The van der Waals surface area contributed by atoms with Gasteiger partial charge in [-0.15, -0.1) is 0 Å². The number of hydrogen-bond donors (Lipinski definition) is 0. The summed E-state index contributed by atoms with van der Waals surface area (Å²) in [6, 6.07) is 0. The van der Waals surface area contributed by atoms with Crippen molar-refractivity contribution in [3.8, 4) is 0 Å². The molecule has 84 valence electrons. The van der Waals surface area contributed by atoms with Gasteiger partial charge in [0.05, 0.1) is 6.10 Å². The summed E-state index contributed by atoms with van der Waals surface area (Å²) in [5, 5.41) is 0. The molecule has 1 nitrogen and oxygen atoms in total. The smallest absolute Gasteiger partial charge is 0.0799 e. The second kappa shape index (κ2) is 3.21. The third-order valence-electron chi connectivity index (χ3n) is 4.46. The predicted octanol–water partition coefficient (Wildman–Crippen LogP) is 3.57. The van der Waals surface area contributed by atoms with Gasteiger partial charge in [-0.2, -0.15) is 0 Å². The zero-order valence-corrected chi connectivity index (χ0v) is 10.5. The Bertz CT molecular complexity index is 324. The van der Waals surface area contributed by atoms with Crippen LogP contribution in [0.15, 0.2) is 23.8 Å². The second-order valence-electron chi connectivity index (χ2n) is 5.91. The molecule has 0 bridgehead atoms. The Kier molecular flexibility index (Phi) is 2.34. The average Bonchev–Trinajstić information content (AvgIpc) is 2.39. The fourth-order valence-corrected chi connectivity index (χ4v) is 3.54. The third kappa shape index (κ3) is 1.40. The van der Waals surface area contributed by atoms with Gasteiger partial charge in [0.25, 0.3) is 0 Å². The predicted molar refractivity (Wildman–Crippen MR) is 63.7 cm³/mol. The van der Waals surface area contributed by atoms with E-state index in [1.54, 1.807) is 0 Å². The highest BCUT2D eigenvalue weighted by atomic mass is 16.5. The van der Waals surface area contributed by atoms with Crippen molar-refractivity contribution in [2.45, 2.75) is 40.2 Å². The molecule has 2 aliphatic carbocycles. The summed E-state index contributed by atoms with van der Waals surface area (Å²) in [4.78, 5) is 0. The van der Waals surface area contributed by atoms with Crippen molar-refractivity contribution in [3.05, 3.63) is 23.8 Å². The van der Waals surface area contributed by atoms with E-state index in [1.807, 2.05) is 7.11 Å². The Balaban J connectivity index is 2.46. The molecule has 0 aromatic carbocycles. The van der Waals surface area contributed by atoms with Gasteiger partial charge in [-0.05, 0) is 18.8 Å². The highest BCUT2D eigenvalue weighted by Gasteiger charge is 2.52. The molecule has 15 heavy (non-hydrogen) atoms. The number of allylic oxidation sites excluding steroid dienone is 3. The summed E-state index contributed by atoms with van der Waals surface area (Å²) in [6.07, 6.45) is 8.48. The molecule has 0 radical (unpaired) electrons. The van der Waals surface area contributed by atoms with Crippen molar-refractivity contribution in [3.63, 3.8) is 0 Å². The van der Waals surface area contributed by atoms with Crippen molar-refractivity contribution >= 4 is 0 Å². The fourth-order valence-electron chi connectivity index (χ4n) is 3.54. The molecule has 0 saturated heterocycles. The highest BCUT2D eigenvalue weighted by molar-refractivity contribution is 5.33. The molecule has 0 saturated carbocycles. The number of methoxy groups -OCH3 is 1. The molecule has 0 aliphatic heterocycles. The molecule has 0 aromatic rings. The van der Waals surface area contributed by atoms with Gasteiger partial charge in [0.15, 0.2) is 0 Å². The molecule has 0 N–H and O–H groups in total. The van der Waals surface area contributed by atoms with Crippen molar-refractivity contribution in [2.75, 3.05) is 7.11 Å². The van der Waals surface area contributed by atoms with Crippen molar-refractivity contribution in [1.82, 2.24) is 0 Å². The fraction of sp³-hybridized carbons (Fsp3) is 0.714. The SMILES string of the molecule is COC1C=C(C)[C@]2(C)C=CCC(C)(C)C12. The van der Waals surface area contributed by atoms with Gasteiger partial charge in [0.1, 0.15) is 0 Å². The van der Waals surface area contributed by atoms with E-state index in [0.717, 1.165) is 6.42 Å². The number of hydrogen-bond acceptors (Lipinski definition) is 1. The van der Waals surface area contributed by atoms with Crippen LogP contribution in [0.25, 0.3) is 0 Å². The first-order valence-electron chi connectivity index (χ1n) is 5.81. The first-order chi connectivity index (χ1) is 6.92. The summed E-state index contributed by atoms with van der Waals surface area (Å²) in [5.74, 6) is 0.583. The number of fused-ring (bicyclic) bond motifs is 1. The maximum atomic E-state index is 5.64. The van der Waals surface area contributed by atoms with Gasteiger partial charge < -0.3 is 4.74 Å². The quantitative estimate of drug-likeness (QED) is 0.596. The van der Waals surface area contributed by atoms with Crippen molar-refractivity contribution in [1.29, 1.82) is 0 Å². The zero-order chi connectivity index (χ0) is 11.3. The molecule has 2 rings (SSSR count). The lowest BCUT2D eigenvalue weighted by molar-refractivity contribution is -0.00374. The normalized spacial score (nSPS) is 42.6. The molecule has 3 atom stereocenters. The van der Waals surface area contributed by atoms with Gasteiger partial charge in [-0.3, -0.25) is 0 Å². The van der Waals surface area contributed by atoms with E-state index in [2.05, 4.69) is 45.9 Å². The molecular weight excluding hydrogens is 184 g/mol. The second-order valence-corrected chi connectivity index (χ2v) is 5.91. The van der Waals surface area contributed by atoms with E-state index < -0.39 is 0 Å². The maximum absolute atomic E-state index is 5.64. The van der Waals surface area contributed by atoms with Gasteiger partial charge in [-0.1, -0.05) is 44.6 Å². The molecular formula is C14H22O.